The van der Waals surface area contributed by atoms with Gasteiger partial charge in [-0.05, 0) is 23.3 Å². The third-order valence-electron chi connectivity index (χ3n) is 4.80. The van der Waals surface area contributed by atoms with Gasteiger partial charge in [0.05, 0.1) is 16.7 Å². The van der Waals surface area contributed by atoms with Crippen molar-refractivity contribution in [1.29, 1.82) is 0 Å². The van der Waals surface area contributed by atoms with Crippen LogP contribution in [0.15, 0.2) is 84.0 Å². The molecule has 4 rings (SSSR count). The van der Waals surface area contributed by atoms with E-state index >= 15 is 0 Å². The molecule has 0 radical (unpaired) electrons. The lowest BCUT2D eigenvalue weighted by Crippen LogP contribution is -2.27. The van der Waals surface area contributed by atoms with Gasteiger partial charge in [0, 0.05) is 18.1 Å². The van der Waals surface area contributed by atoms with E-state index in [2.05, 4.69) is 5.10 Å². The van der Waals surface area contributed by atoms with Crippen LogP contribution in [0.4, 0.5) is 5.69 Å². The fourth-order valence-corrected chi connectivity index (χ4v) is 3.54. The Morgan fingerprint density at radius 2 is 1.69 bits per heavy atom. The smallest absolute Gasteiger partial charge is 0.267 e. The third kappa shape index (κ3) is 3.75. The van der Waals surface area contributed by atoms with Crippen LogP contribution in [0, 0.1) is 10.1 Å². The normalized spacial score (nSPS) is 15.8. The standard InChI is InChI=1S/C22H16ClN3O3/c23-18-12-11-17(13-21(18)26(28)29)22(27)25-20(16-9-5-2-6-10-16)14-19(24-25)15-7-3-1-4-8-15/h1-13,20H,14H2. The summed E-state index contributed by atoms with van der Waals surface area (Å²) >= 11 is 5.89. The monoisotopic (exact) mass is 405 g/mol. The van der Waals surface area contributed by atoms with E-state index < -0.39 is 10.8 Å². The van der Waals surface area contributed by atoms with Gasteiger partial charge in [-0.3, -0.25) is 14.9 Å². The lowest BCUT2D eigenvalue weighted by atomic mass is 9.98. The molecule has 1 unspecified atom stereocenters. The molecular weight excluding hydrogens is 390 g/mol. The number of rotatable bonds is 4. The molecule has 3 aromatic carbocycles. The molecule has 1 aliphatic rings. The highest BCUT2D eigenvalue weighted by Crippen LogP contribution is 2.35. The first-order valence-electron chi connectivity index (χ1n) is 9.00. The van der Waals surface area contributed by atoms with Crippen molar-refractivity contribution in [3.8, 4) is 0 Å². The van der Waals surface area contributed by atoms with Crippen LogP contribution >= 0.6 is 11.6 Å². The molecule has 1 atom stereocenters. The predicted molar refractivity (Wildman–Crippen MR) is 111 cm³/mol. The van der Waals surface area contributed by atoms with Crippen molar-refractivity contribution in [2.24, 2.45) is 5.10 Å². The second-order valence-corrected chi connectivity index (χ2v) is 7.02. The number of amides is 1. The number of hydrazone groups is 1. The van der Waals surface area contributed by atoms with Gasteiger partial charge in [0.2, 0.25) is 0 Å². The van der Waals surface area contributed by atoms with Crippen LogP contribution in [0.25, 0.3) is 0 Å². The number of carbonyl (C=O) groups excluding carboxylic acids is 1. The number of halogens is 1. The molecule has 7 heteroatoms. The highest BCUT2D eigenvalue weighted by molar-refractivity contribution is 6.32. The Kier molecular flexibility index (Phi) is 5.10. The first-order chi connectivity index (χ1) is 14.0. The Bertz CT molecular complexity index is 1100. The average molecular weight is 406 g/mol. The van der Waals surface area contributed by atoms with Gasteiger partial charge >= 0.3 is 0 Å². The van der Waals surface area contributed by atoms with Crippen molar-refractivity contribution < 1.29 is 9.72 Å². The molecule has 0 saturated carbocycles. The first-order valence-corrected chi connectivity index (χ1v) is 9.38. The molecule has 0 fully saturated rings. The Balaban J connectivity index is 1.75. The fraction of sp³-hybridized carbons (Fsp3) is 0.0909. The Labute approximate surface area is 172 Å². The van der Waals surface area contributed by atoms with E-state index in [0.717, 1.165) is 16.8 Å². The molecule has 3 aromatic rings. The number of hydrogen-bond acceptors (Lipinski definition) is 4. The highest BCUT2D eigenvalue weighted by atomic mass is 35.5. The summed E-state index contributed by atoms with van der Waals surface area (Å²) in [5, 5.41) is 17.2. The molecular formula is C22H16ClN3O3. The maximum absolute atomic E-state index is 13.2. The molecule has 144 valence electrons. The summed E-state index contributed by atoms with van der Waals surface area (Å²) < 4.78 is 0. The minimum Gasteiger partial charge on any atom is -0.267 e. The fourth-order valence-electron chi connectivity index (χ4n) is 3.36. The number of nitrogens with zero attached hydrogens (tertiary/aromatic N) is 3. The van der Waals surface area contributed by atoms with Crippen molar-refractivity contribution in [3.63, 3.8) is 0 Å². The zero-order valence-electron chi connectivity index (χ0n) is 15.2. The summed E-state index contributed by atoms with van der Waals surface area (Å²) in [6.07, 6.45) is 0.551. The van der Waals surface area contributed by atoms with Crippen molar-refractivity contribution in [2.45, 2.75) is 12.5 Å². The first kappa shape index (κ1) is 18.8. The number of benzene rings is 3. The van der Waals surface area contributed by atoms with Crippen LogP contribution in [0.1, 0.15) is 33.9 Å². The summed E-state index contributed by atoms with van der Waals surface area (Å²) in [4.78, 5) is 23.9. The van der Waals surface area contributed by atoms with Crippen molar-refractivity contribution >= 4 is 28.9 Å². The Morgan fingerprint density at radius 3 is 2.34 bits per heavy atom. The quantitative estimate of drug-likeness (QED) is 0.440. The van der Waals surface area contributed by atoms with Gasteiger partial charge in [-0.1, -0.05) is 72.3 Å². The zero-order valence-corrected chi connectivity index (χ0v) is 16.0. The molecule has 0 aliphatic carbocycles. The molecule has 0 N–H and O–H groups in total. The second kappa shape index (κ2) is 7.85. The largest absolute Gasteiger partial charge is 0.288 e. The summed E-state index contributed by atoms with van der Waals surface area (Å²) in [7, 11) is 0. The molecule has 29 heavy (non-hydrogen) atoms. The van der Waals surface area contributed by atoms with E-state index in [1.165, 1.54) is 23.2 Å². The van der Waals surface area contributed by atoms with Gasteiger partial charge in [0.25, 0.3) is 11.6 Å². The SMILES string of the molecule is O=C(c1ccc(Cl)c([N+](=O)[O-])c1)N1N=C(c2ccccc2)CC1c1ccccc1. The number of nitro groups is 1. The zero-order chi connectivity index (χ0) is 20.4. The van der Waals surface area contributed by atoms with E-state index in [4.69, 9.17) is 11.6 Å². The van der Waals surface area contributed by atoms with E-state index in [9.17, 15) is 14.9 Å². The molecule has 0 bridgehead atoms. The number of carbonyl (C=O) groups is 1. The van der Waals surface area contributed by atoms with Crippen molar-refractivity contribution in [1.82, 2.24) is 5.01 Å². The van der Waals surface area contributed by atoms with Crippen molar-refractivity contribution in [2.75, 3.05) is 0 Å². The van der Waals surface area contributed by atoms with Gasteiger partial charge < -0.3 is 0 Å². The van der Waals surface area contributed by atoms with Crippen molar-refractivity contribution in [3.05, 3.63) is 111 Å². The topological polar surface area (TPSA) is 75.8 Å². The molecule has 1 aliphatic heterocycles. The molecule has 1 amide bonds. The van der Waals surface area contributed by atoms with Crippen LogP contribution in [0.5, 0.6) is 0 Å². The van der Waals surface area contributed by atoms with E-state index in [1.54, 1.807) is 0 Å². The predicted octanol–water partition coefficient (Wildman–Crippen LogP) is 5.24. The van der Waals surface area contributed by atoms with Crippen LogP contribution in [-0.2, 0) is 0 Å². The Hall–Kier alpha value is -3.51. The summed E-state index contributed by atoms with van der Waals surface area (Å²) in [6, 6.07) is 23.0. The Morgan fingerprint density at radius 1 is 1.03 bits per heavy atom. The average Bonchev–Trinajstić information content (AvgIpc) is 3.20. The molecule has 0 saturated heterocycles. The summed E-state index contributed by atoms with van der Waals surface area (Å²) in [5.74, 6) is -0.412. The van der Waals surface area contributed by atoms with Crippen LogP contribution in [0.3, 0.4) is 0 Å². The lowest BCUT2D eigenvalue weighted by Gasteiger charge is -2.22. The minimum absolute atomic E-state index is 0.0129. The van der Waals surface area contributed by atoms with E-state index in [-0.39, 0.29) is 22.3 Å². The summed E-state index contributed by atoms with van der Waals surface area (Å²) in [5.41, 5.74) is 2.53. The molecule has 0 spiro atoms. The molecule has 0 aromatic heterocycles. The van der Waals surface area contributed by atoms with E-state index in [0.29, 0.717) is 6.42 Å². The maximum Gasteiger partial charge on any atom is 0.288 e. The highest BCUT2D eigenvalue weighted by Gasteiger charge is 2.34. The lowest BCUT2D eigenvalue weighted by molar-refractivity contribution is -0.384. The van der Waals surface area contributed by atoms with Crippen LogP contribution < -0.4 is 0 Å². The van der Waals surface area contributed by atoms with Gasteiger partial charge in [-0.25, -0.2) is 5.01 Å². The maximum atomic E-state index is 13.2. The van der Waals surface area contributed by atoms with E-state index in [1.807, 2.05) is 60.7 Å². The molecule has 6 nitrogen and oxygen atoms in total. The number of nitro benzene ring substituents is 1. The van der Waals surface area contributed by atoms with Gasteiger partial charge in [0.1, 0.15) is 5.02 Å². The van der Waals surface area contributed by atoms with Gasteiger partial charge in [-0.15, -0.1) is 0 Å². The van der Waals surface area contributed by atoms with Crippen LogP contribution in [0.2, 0.25) is 5.02 Å². The van der Waals surface area contributed by atoms with Gasteiger partial charge in [0.15, 0.2) is 0 Å². The van der Waals surface area contributed by atoms with Gasteiger partial charge in [-0.2, -0.15) is 5.10 Å². The third-order valence-corrected chi connectivity index (χ3v) is 5.12. The number of hydrogen-bond donors (Lipinski definition) is 0. The minimum atomic E-state index is -0.601. The second-order valence-electron chi connectivity index (χ2n) is 6.62. The summed E-state index contributed by atoms with van der Waals surface area (Å²) in [6.45, 7) is 0. The molecule has 1 heterocycles. The van der Waals surface area contributed by atoms with Crippen LogP contribution in [-0.4, -0.2) is 21.6 Å².